The van der Waals surface area contributed by atoms with Gasteiger partial charge in [-0.3, -0.25) is 0 Å². The summed E-state index contributed by atoms with van der Waals surface area (Å²) in [6.07, 6.45) is 0. The van der Waals surface area contributed by atoms with Crippen molar-refractivity contribution in [3.05, 3.63) is 23.9 Å². The zero-order chi connectivity index (χ0) is 10.4. The van der Waals surface area contributed by atoms with Crippen molar-refractivity contribution in [3.63, 3.8) is 0 Å². The highest BCUT2D eigenvalue weighted by molar-refractivity contribution is 5.15. The van der Waals surface area contributed by atoms with Gasteiger partial charge in [0.25, 0.3) is 0 Å². The molecule has 0 aliphatic carbocycles. The number of aliphatic hydroxyl groups is 1. The van der Waals surface area contributed by atoms with Crippen LogP contribution in [0, 0.1) is 0 Å². The Kier molecular flexibility index (Phi) is 4.35. The molecule has 2 N–H and O–H groups in total. The van der Waals surface area contributed by atoms with Crippen LogP contribution in [0.4, 0.5) is 0 Å². The summed E-state index contributed by atoms with van der Waals surface area (Å²) in [4.78, 5) is 4.23. The Balaban J connectivity index is 2.50. The predicted octanol–water partition coefficient (Wildman–Crippen LogP) is 0.561. The maximum Gasteiger partial charge on any atom is 0.213 e. The lowest BCUT2D eigenvalue weighted by molar-refractivity contribution is 0.250. The van der Waals surface area contributed by atoms with Crippen LogP contribution in [0.1, 0.15) is 12.6 Å². The summed E-state index contributed by atoms with van der Waals surface area (Å²) in [5.74, 6) is 0.612. The SMILES string of the molecule is COc1cccc(CNC(C)CO)n1. The molecule has 0 bridgehead atoms. The number of nitrogens with one attached hydrogen (secondary N) is 1. The molecule has 1 heterocycles. The normalized spacial score (nSPS) is 12.5. The summed E-state index contributed by atoms with van der Waals surface area (Å²) in [5, 5.41) is 11.9. The van der Waals surface area contributed by atoms with E-state index >= 15 is 0 Å². The number of hydrogen-bond acceptors (Lipinski definition) is 4. The van der Waals surface area contributed by atoms with E-state index in [-0.39, 0.29) is 12.6 Å². The molecule has 4 nitrogen and oxygen atoms in total. The lowest BCUT2D eigenvalue weighted by Gasteiger charge is -2.10. The number of methoxy groups -OCH3 is 1. The van der Waals surface area contributed by atoms with Crippen LogP contribution in [0.25, 0.3) is 0 Å². The van der Waals surface area contributed by atoms with Gasteiger partial charge in [0.05, 0.1) is 19.4 Å². The molecule has 1 atom stereocenters. The van der Waals surface area contributed by atoms with E-state index in [2.05, 4.69) is 10.3 Å². The summed E-state index contributed by atoms with van der Waals surface area (Å²) in [5.41, 5.74) is 0.907. The molecule has 0 saturated carbocycles. The molecule has 1 rings (SSSR count). The van der Waals surface area contributed by atoms with E-state index in [1.54, 1.807) is 13.2 Å². The Morgan fingerprint density at radius 3 is 3.00 bits per heavy atom. The minimum Gasteiger partial charge on any atom is -0.481 e. The Morgan fingerprint density at radius 2 is 2.36 bits per heavy atom. The number of ether oxygens (including phenoxy) is 1. The fraction of sp³-hybridized carbons (Fsp3) is 0.500. The molecule has 0 amide bonds. The monoisotopic (exact) mass is 196 g/mol. The number of pyridine rings is 1. The van der Waals surface area contributed by atoms with Crippen LogP contribution in [0.3, 0.4) is 0 Å². The molecule has 0 aliphatic rings. The van der Waals surface area contributed by atoms with Crippen molar-refractivity contribution in [1.29, 1.82) is 0 Å². The Labute approximate surface area is 83.9 Å². The first-order valence-electron chi connectivity index (χ1n) is 4.60. The second kappa shape index (κ2) is 5.57. The zero-order valence-electron chi connectivity index (χ0n) is 8.53. The molecule has 14 heavy (non-hydrogen) atoms. The highest BCUT2D eigenvalue weighted by Gasteiger charge is 2.00. The van der Waals surface area contributed by atoms with Crippen molar-refractivity contribution < 1.29 is 9.84 Å². The molecule has 0 aliphatic heterocycles. The highest BCUT2D eigenvalue weighted by Crippen LogP contribution is 2.06. The average Bonchev–Trinajstić information content (AvgIpc) is 2.26. The lowest BCUT2D eigenvalue weighted by atomic mass is 10.3. The topological polar surface area (TPSA) is 54.4 Å². The fourth-order valence-electron chi connectivity index (χ4n) is 1.01. The van der Waals surface area contributed by atoms with Gasteiger partial charge in [0.15, 0.2) is 0 Å². The summed E-state index contributed by atoms with van der Waals surface area (Å²) in [7, 11) is 1.59. The summed E-state index contributed by atoms with van der Waals surface area (Å²) < 4.78 is 5.00. The van der Waals surface area contributed by atoms with E-state index < -0.39 is 0 Å². The molecule has 0 radical (unpaired) electrons. The summed E-state index contributed by atoms with van der Waals surface area (Å²) >= 11 is 0. The first kappa shape index (κ1) is 10.9. The number of rotatable bonds is 5. The van der Waals surface area contributed by atoms with E-state index in [4.69, 9.17) is 9.84 Å². The summed E-state index contributed by atoms with van der Waals surface area (Å²) in [6.45, 7) is 2.68. The van der Waals surface area contributed by atoms with Crippen molar-refractivity contribution in [2.45, 2.75) is 19.5 Å². The van der Waals surface area contributed by atoms with Gasteiger partial charge in [-0.2, -0.15) is 0 Å². The minimum absolute atomic E-state index is 0.0861. The maximum atomic E-state index is 8.81. The summed E-state index contributed by atoms with van der Waals surface area (Å²) in [6, 6.07) is 5.70. The molecule has 78 valence electrons. The van der Waals surface area contributed by atoms with E-state index in [1.165, 1.54) is 0 Å². The molecular weight excluding hydrogens is 180 g/mol. The van der Waals surface area contributed by atoms with Gasteiger partial charge in [0.1, 0.15) is 0 Å². The highest BCUT2D eigenvalue weighted by atomic mass is 16.5. The third-order valence-electron chi connectivity index (χ3n) is 1.90. The third kappa shape index (κ3) is 3.32. The standard InChI is InChI=1S/C10H16N2O2/c1-8(7-13)11-6-9-4-3-5-10(12-9)14-2/h3-5,8,11,13H,6-7H2,1-2H3. The van der Waals surface area contributed by atoms with Gasteiger partial charge in [0.2, 0.25) is 5.88 Å². The van der Waals surface area contributed by atoms with Crippen LogP contribution in [0.15, 0.2) is 18.2 Å². The number of nitrogens with zero attached hydrogens (tertiary/aromatic N) is 1. The molecule has 1 aromatic heterocycles. The van der Waals surface area contributed by atoms with Gasteiger partial charge in [-0.05, 0) is 13.0 Å². The van der Waals surface area contributed by atoms with Crippen molar-refractivity contribution in [2.24, 2.45) is 0 Å². The van der Waals surface area contributed by atoms with Crippen LogP contribution in [0.5, 0.6) is 5.88 Å². The van der Waals surface area contributed by atoms with Crippen LogP contribution in [0.2, 0.25) is 0 Å². The molecule has 1 unspecified atom stereocenters. The fourth-order valence-corrected chi connectivity index (χ4v) is 1.01. The van der Waals surface area contributed by atoms with Gasteiger partial charge >= 0.3 is 0 Å². The quantitative estimate of drug-likeness (QED) is 0.722. The van der Waals surface area contributed by atoms with E-state index in [0.717, 1.165) is 5.69 Å². The van der Waals surface area contributed by atoms with Crippen LogP contribution < -0.4 is 10.1 Å². The van der Waals surface area contributed by atoms with Crippen LogP contribution in [-0.2, 0) is 6.54 Å². The van der Waals surface area contributed by atoms with Crippen molar-refractivity contribution in [3.8, 4) is 5.88 Å². The second-order valence-corrected chi connectivity index (χ2v) is 3.14. The molecule has 0 spiro atoms. The van der Waals surface area contributed by atoms with Crippen molar-refractivity contribution in [2.75, 3.05) is 13.7 Å². The molecule has 0 aromatic carbocycles. The first-order valence-corrected chi connectivity index (χ1v) is 4.60. The molecule has 1 aromatic rings. The van der Waals surface area contributed by atoms with Gasteiger partial charge in [0, 0.05) is 18.7 Å². The van der Waals surface area contributed by atoms with Crippen LogP contribution in [-0.4, -0.2) is 29.8 Å². The molecule has 4 heteroatoms. The van der Waals surface area contributed by atoms with Crippen LogP contribution >= 0.6 is 0 Å². The third-order valence-corrected chi connectivity index (χ3v) is 1.90. The van der Waals surface area contributed by atoms with Gasteiger partial charge in [-0.25, -0.2) is 4.98 Å². The second-order valence-electron chi connectivity index (χ2n) is 3.14. The van der Waals surface area contributed by atoms with Crippen molar-refractivity contribution >= 4 is 0 Å². The molecule has 0 fully saturated rings. The lowest BCUT2D eigenvalue weighted by Crippen LogP contribution is -2.28. The Hall–Kier alpha value is -1.13. The molecular formula is C10H16N2O2. The first-order chi connectivity index (χ1) is 6.76. The number of aromatic nitrogens is 1. The maximum absolute atomic E-state index is 8.81. The van der Waals surface area contributed by atoms with Gasteiger partial charge < -0.3 is 15.2 Å². The van der Waals surface area contributed by atoms with Gasteiger partial charge in [-0.15, -0.1) is 0 Å². The van der Waals surface area contributed by atoms with E-state index in [9.17, 15) is 0 Å². The zero-order valence-corrected chi connectivity index (χ0v) is 8.53. The largest absolute Gasteiger partial charge is 0.481 e. The van der Waals surface area contributed by atoms with E-state index in [0.29, 0.717) is 12.4 Å². The average molecular weight is 196 g/mol. The molecule has 0 saturated heterocycles. The Morgan fingerprint density at radius 1 is 1.57 bits per heavy atom. The predicted molar refractivity (Wildman–Crippen MR) is 54.2 cm³/mol. The number of aliphatic hydroxyl groups excluding tert-OH is 1. The smallest absolute Gasteiger partial charge is 0.213 e. The van der Waals surface area contributed by atoms with E-state index in [1.807, 2.05) is 19.1 Å². The van der Waals surface area contributed by atoms with Gasteiger partial charge in [-0.1, -0.05) is 6.07 Å². The van der Waals surface area contributed by atoms with Crippen molar-refractivity contribution in [1.82, 2.24) is 10.3 Å². The minimum atomic E-state index is 0.0861. The Bertz CT molecular complexity index is 279. The number of hydrogen-bond donors (Lipinski definition) is 2.